The summed E-state index contributed by atoms with van der Waals surface area (Å²) in [5, 5.41) is 7.60. The molecule has 1 aromatic heterocycles. The van der Waals surface area contributed by atoms with Crippen LogP contribution in [0.3, 0.4) is 0 Å². The lowest BCUT2D eigenvalue weighted by molar-refractivity contribution is 0.102. The Kier molecular flexibility index (Phi) is 5.37. The second-order valence-corrected chi connectivity index (χ2v) is 7.76. The number of nitrogens with one attached hydrogen (secondary N) is 2. The highest BCUT2D eigenvalue weighted by molar-refractivity contribution is 7.19. The average Bonchev–Trinajstić information content (AvgIpc) is 3.13. The first-order valence-corrected chi connectivity index (χ1v) is 9.94. The Bertz CT molecular complexity index is 1070. The molecule has 1 heterocycles. The van der Waals surface area contributed by atoms with E-state index in [0.717, 1.165) is 18.7 Å². The van der Waals surface area contributed by atoms with E-state index in [1.165, 1.54) is 15.0 Å². The number of carbonyl (C=O) groups excluding carboxylic acids is 1. The molecule has 1 amide bonds. The molecule has 0 saturated carbocycles. The van der Waals surface area contributed by atoms with Crippen molar-refractivity contribution in [2.75, 3.05) is 11.1 Å². The minimum atomic E-state index is -0.164. The van der Waals surface area contributed by atoms with Gasteiger partial charge in [0.15, 0.2) is 0 Å². The van der Waals surface area contributed by atoms with Crippen molar-refractivity contribution >= 4 is 38.7 Å². The van der Waals surface area contributed by atoms with Gasteiger partial charge in [-0.05, 0) is 47.3 Å². The summed E-state index contributed by atoms with van der Waals surface area (Å²) in [4.78, 5) is 13.7. The molecule has 3 aromatic carbocycles. The third kappa shape index (κ3) is 4.22. The quantitative estimate of drug-likeness (QED) is 0.407. The first kappa shape index (κ1) is 18.2. The van der Waals surface area contributed by atoms with Crippen LogP contribution in [0.1, 0.15) is 20.8 Å². The molecule has 0 unspecified atom stereocenters. The minimum Gasteiger partial charge on any atom is -0.397 e. The van der Waals surface area contributed by atoms with E-state index in [9.17, 15) is 4.79 Å². The van der Waals surface area contributed by atoms with Gasteiger partial charge in [0.05, 0.1) is 11.4 Å². The van der Waals surface area contributed by atoms with Gasteiger partial charge in [-0.25, -0.2) is 0 Å². The third-order valence-corrected chi connectivity index (χ3v) is 5.65. The maximum Gasteiger partial charge on any atom is 0.255 e. The molecule has 4 nitrogen and oxygen atoms in total. The molecule has 0 bridgehead atoms. The van der Waals surface area contributed by atoms with Crippen molar-refractivity contribution < 1.29 is 4.79 Å². The van der Waals surface area contributed by atoms with E-state index in [4.69, 9.17) is 5.73 Å². The topological polar surface area (TPSA) is 67.1 Å². The number of nitrogens with two attached hydrogens (primary N) is 1. The Morgan fingerprint density at radius 2 is 1.64 bits per heavy atom. The van der Waals surface area contributed by atoms with Crippen LogP contribution in [0.25, 0.3) is 10.1 Å². The predicted molar refractivity (Wildman–Crippen MR) is 118 cm³/mol. The highest BCUT2D eigenvalue weighted by atomic mass is 32.1. The molecule has 5 heteroatoms. The first-order chi connectivity index (χ1) is 13.7. The number of thiophene rings is 1. The molecule has 4 rings (SSSR count). The van der Waals surface area contributed by atoms with Gasteiger partial charge in [0.1, 0.15) is 0 Å². The number of nitrogen functional groups attached to an aromatic ring is 1. The fourth-order valence-electron chi connectivity index (χ4n) is 3.03. The molecular formula is C23H21N3OS. The van der Waals surface area contributed by atoms with Crippen LogP contribution in [0.4, 0.5) is 11.4 Å². The SMILES string of the molecule is Nc1ccccc1NC(=O)c1ccc(CNCc2cc3ccccc3s2)cc1. The number of para-hydroxylation sites is 2. The molecule has 0 saturated heterocycles. The number of rotatable bonds is 6. The van der Waals surface area contributed by atoms with Crippen LogP contribution in [0.5, 0.6) is 0 Å². The zero-order valence-corrected chi connectivity index (χ0v) is 16.1. The zero-order chi connectivity index (χ0) is 19.3. The van der Waals surface area contributed by atoms with E-state index in [0.29, 0.717) is 16.9 Å². The molecule has 0 spiro atoms. The maximum atomic E-state index is 12.4. The van der Waals surface area contributed by atoms with Crippen LogP contribution < -0.4 is 16.4 Å². The molecule has 140 valence electrons. The Morgan fingerprint density at radius 3 is 2.43 bits per heavy atom. The molecular weight excluding hydrogens is 366 g/mol. The van der Waals surface area contributed by atoms with E-state index in [-0.39, 0.29) is 5.91 Å². The predicted octanol–water partition coefficient (Wildman–Crippen LogP) is 5.03. The Hall–Kier alpha value is -3.15. The van der Waals surface area contributed by atoms with Crippen LogP contribution in [0.15, 0.2) is 78.9 Å². The van der Waals surface area contributed by atoms with Gasteiger partial charge in [-0.15, -0.1) is 11.3 Å². The van der Waals surface area contributed by atoms with Gasteiger partial charge in [0.25, 0.3) is 5.91 Å². The van der Waals surface area contributed by atoms with Crippen LogP contribution in [0, 0.1) is 0 Å². The minimum absolute atomic E-state index is 0.164. The van der Waals surface area contributed by atoms with Gasteiger partial charge in [0.2, 0.25) is 0 Å². The van der Waals surface area contributed by atoms with E-state index in [1.54, 1.807) is 12.1 Å². The second-order valence-electron chi connectivity index (χ2n) is 6.59. The number of fused-ring (bicyclic) bond motifs is 1. The summed E-state index contributed by atoms with van der Waals surface area (Å²) >= 11 is 1.82. The fourth-order valence-corrected chi connectivity index (χ4v) is 4.07. The third-order valence-electron chi connectivity index (χ3n) is 4.53. The lowest BCUT2D eigenvalue weighted by atomic mass is 10.1. The molecule has 4 N–H and O–H groups in total. The number of hydrogen-bond acceptors (Lipinski definition) is 4. The molecule has 0 aliphatic heterocycles. The molecule has 0 radical (unpaired) electrons. The first-order valence-electron chi connectivity index (χ1n) is 9.12. The number of carbonyl (C=O) groups is 1. The van der Waals surface area contributed by atoms with Crippen molar-refractivity contribution in [1.82, 2.24) is 5.32 Å². The monoisotopic (exact) mass is 387 g/mol. The number of amides is 1. The lowest BCUT2D eigenvalue weighted by Crippen LogP contribution is -2.14. The molecule has 0 aliphatic rings. The summed E-state index contributed by atoms with van der Waals surface area (Å²) in [6, 6.07) is 25.5. The summed E-state index contributed by atoms with van der Waals surface area (Å²) in [5.74, 6) is -0.164. The van der Waals surface area contributed by atoms with Gasteiger partial charge in [-0.3, -0.25) is 4.79 Å². The molecule has 0 aliphatic carbocycles. The number of benzene rings is 3. The standard InChI is InChI=1S/C23H21N3OS/c24-20-6-2-3-7-21(20)26-23(27)17-11-9-16(10-12-17)14-25-15-19-13-18-5-1-4-8-22(18)28-19/h1-13,25H,14-15,24H2,(H,26,27). The van der Waals surface area contributed by atoms with Crippen LogP contribution >= 0.6 is 11.3 Å². The van der Waals surface area contributed by atoms with E-state index >= 15 is 0 Å². The molecule has 28 heavy (non-hydrogen) atoms. The van der Waals surface area contributed by atoms with Crippen molar-refractivity contribution in [3.8, 4) is 0 Å². The Balaban J connectivity index is 1.32. The van der Waals surface area contributed by atoms with Crippen molar-refractivity contribution in [2.45, 2.75) is 13.1 Å². The average molecular weight is 388 g/mol. The van der Waals surface area contributed by atoms with Crippen molar-refractivity contribution in [3.05, 3.63) is 94.9 Å². The van der Waals surface area contributed by atoms with Crippen molar-refractivity contribution in [3.63, 3.8) is 0 Å². The normalized spacial score (nSPS) is 10.9. The van der Waals surface area contributed by atoms with Gasteiger partial charge in [-0.1, -0.05) is 42.5 Å². The van der Waals surface area contributed by atoms with Gasteiger partial charge >= 0.3 is 0 Å². The lowest BCUT2D eigenvalue weighted by Gasteiger charge is -2.09. The number of anilines is 2. The number of hydrogen-bond donors (Lipinski definition) is 3. The smallest absolute Gasteiger partial charge is 0.255 e. The van der Waals surface area contributed by atoms with Crippen molar-refractivity contribution in [2.24, 2.45) is 0 Å². The highest BCUT2D eigenvalue weighted by Crippen LogP contribution is 2.25. The van der Waals surface area contributed by atoms with Crippen LogP contribution in [0.2, 0.25) is 0 Å². The molecule has 0 atom stereocenters. The summed E-state index contributed by atoms with van der Waals surface area (Å²) in [6.07, 6.45) is 0. The Labute approximate surface area is 168 Å². The summed E-state index contributed by atoms with van der Waals surface area (Å²) in [7, 11) is 0. The van der Waals surface area contributed by atoms with Gasteiger partial charge in [0, 0.05) is 28.2 Å². The highest BCUT2D eigenvalue weighted by Gasteiger charge is 2.08. The van der Waals surface area contributed by atoms with E-state index < -0.39 is 0 Å². The zero-order valence-electron chi connectivity index (χ0n) is 15.3. The van der Waals surface area contributed by atoms with Crippen LogP contribution in [-0.2, 0) is 13.1 Å². The summed E-state index contributed by atoms with van der Waals surface area (Å²) in [5.41, 5.74) is 8.80. The second kappa shape index (κ2) is 8.25. The van der Waals surface area contributed by atoms with E-state index in [2.05, 4.69) is 41.0 Å². The summed E-state index contributed by atoms with van der Waals surface area (Å²) in [6.45, 7) is 1.58. The summed E-state index contributed by atoms with van der Waals surface area (Å²) < 4.78 is 1.31. The fraction of sp³-hybridized carbons (Fsp3) is 0.0870. The van der Waals surface area contributed by atoms with Gasteiger partial charge < -0.3 is 16.4 Å². The van der Waals surface area contributed by atoms with Crippen LogP contribution in [-0.4, -0.2) is 5.91 Å². The largest absolute Gasteiger partial charge is 0.397 e. The molecule has 4 aromatic rings. The van der Waals surface area contributed by atoms with E-state index in [1.807, 2.05) is 47.7 Å². The van der Waals surface area contributed by atoms with Gasteiger partial charge in [-0.2, -0.15) is 0 Å². The molecule has 0 fully saturated rings. The maximum absolute atomic E-state index is 12.4. The van der Waals surface area contributed by atoms with Crippen molar-refractivity contribution in [1.29, 1.82) is 0 Å². The Morgan fingerprint density at radius 1 is 0.893 bits per heavy atom.